The minimum Gasteiger partial charge on any atom is -0.506 e. The minimum absolute atomic E-state index is 0.0430. The summed E-state index contributed by atoms with van der Waals surface area (Å²) in [6, 6.07) is 1.31. The Morgan fingerprint density at radius 3 is 3.00 bits per heavy atom. The Kier molecular flexibility index (Phi) is 3.45. The fraction of sp³-hybridized carbons (Fsp3) is 0.417. The van der Waals surface area contributed by atoms with Crippen molar-refractivity contribution in [3.63, 3.8) is 0 Å². The second kappa shape index (κ2) is 5.03. The number of carbonyl (C=O) groups is 2. The molecule has 2 rings (SSSR count). The topological polar surface area (TPSA) is 82.5 Å². The molecule has 1 fully saturated rings. The highest BCUT2D eigenvalue weighted by Crippen LogP contribution is 2.12. The third-order valence-electron chi connectivity index (χ3n) is 2.95. The number of likely N-dealkylation sites (tertiary alicyclic amines) is 1. The summed E-state index contributed by atoms with van der Waals surface area (Å²) in [5, 5.41) is 12.1. The van der Waals surface area contributed by atoms with E-state index in [1.165, 1.54) is 18.5 Å². The lowest BCUT2D eigenvalue weighted by Gasteiger charge is -2.30. The van der Waals surface area contributed by atoms with E-state index in [4.69, 9.17) is 0 Å². The first-order chi connectivity index (χ1) is 8.56. The molecule has 0 bridgehead atoms. The normalized spacial score (nSPS) is 19.7. The van der Waals surface area contributed by atoms with Crippen molar-refractivity contribution in [2.24, 2.45) is 0 Å². The van der Waals surface area contributed by atoms with Crippen molar-refractivity contribution in [2.45, 2.75) is 18.9 Å². The van der Waals surface area contributed by atoms with Crippen molar-refractivity contribution in [3.05, 3.63) is 24.0 Å². The summed E-state index contributed by atoms with van der Waals surface area (Å²) in [6.45, 7) is 0.511. The minimum atomic E-state index is -0.286. The first kappa shape index (κ1) is 12.3. The van der Waals surface area contributed by atoms with Gasteiger partial charge in [0, 0.05) is 32.3 Å². The zero-order valence-corrected chi connectivity index (χ0v) is 10.1. The quantitative estimate of drug-likeness (QED) is 0.781. The molecule has 6 heteroatoms. The third kappa shape index (κ3) is 2.77. The number of carbonyl (C=O) groups excluding carboxylic acids is 2. The molecule has 1 aromatic heterocycles. The average Bonchev–Trinajstić information content (AvgIpc) is 2.34. The first-order valence-corrected chi connectivity index (χ1v) is 5.75. The zero-order chi connectivity index (χ0) is 13.1. The molecule has 0 saturated carbocycles. The van der Waals surface area contributed by atoms with Crippen LogP contribution in [-0.4, -0.2) is 46.4 Å². The van der Waals surface area contributed by atoms with Gasteiger partial charge in [-0.1, -0.05) is 0 Å². The van der Waals surface area contributed by atoms with E-state index in [1.54, 1.807) is 11.9 Å². The lowest BCUT2D eigenvalue weighted by molar-refractivity contribution is -0.132. The number of likely N-dealkylation sites (N-methyl/N-ethyl adjacent to an activating group) is 1. The Labute approximate surface area is 105 Å². The predicted molar refractivity (Wildman–Crippen MR) is 64.0 cm³/mol. The molecule has 2 heterocycles. The molecule has 2 amide bonds. The van der Waals surface area contributed by atoms with Crippen LogP contribution in [0.3, 0.4) is 0 Å². The maximum absolute atomic E-state index is 11.9. The van der Waals surface area contributed by atoms with Gasteiger partial charge in [-0.25, -0.2) is 0 Å². The summed E-state index contributed by atoms with van der Waals surface area (Å²) in [6.07, 6.45) is 3.75. The molecule has 1 atom stereocenters. The summed E-state index contributed by atoms with van der Waals surface area (Å²) in [4.78, 5) is 28.6. The first-order valence-electron chi connectivity index (χ1n) is 5.75. The van der Waals surface area contributed by atoms with Gasteiger partial charge in [-0.05, 0) is 12.5 Å². The Bertz CT molecular complexity index is 475. The van der Waals surface area contributed by atoms with Crippen molar-refractivity contribution in [2.75, 3.05) is 13.6 Å². The zero-order valence-electron chi connectivity index (χ0n) is 10.1. The molecular formula is C12H15N3O3. The highest BCUT2D eigenvalue weighted by molar-refractivity contribution is 5.94. The highest BCUT2D eigenvalue weighted by atomic mass is 16.3. The molecule has 1 saturated heterocycles. The molecule has 0 aliphatic carbocycles. The van der Waals surface area contributed by atoms with E-state index < -0.39 is 0 Å². The van der Waals surface area contributed by atoms with Crippen LogP contribution in [0.15, 0.2) is 18.5 Å². The Balaban J connectivity index is 1.98. The molecular weight excluding hydrogens is 234 g/mol. The molecule has 0 radical (unpaired) electrons. The van der Waals surface area contributed by atoms with Crippen LogP contribution in [0.25, 0.3) is 0 Å². The van der Waals surface area contributed by atoms with Gasteiger partial charge in [-0.2, -0.15) is 0 Å². The van der Waals surface area contributed by atoms with Crippen LogP contribution in [0.4, 0.5) is 0 Å². The van der Waals surface area contributed by atoms with E-state index in [9.17, 15) is 14.7 Å². The van der Waals surface area contributed by atoms with Gasteiger partial charge in [0.25, 0.3) is 5.91 Å². The number of rotatable bonds is 2. The number of aromatic nitrogens is 1. The van der Waals surface area contributed by atoms with E-state index >= 15 is 0 Å². The lowest BCUT2D eigenvalue weighted by Crippen LogP contribution is -2.48. The van der Waals surface area contributed by atoms with E-state index in [2.05, 4.69) is 10.3 Å². The predicted octanol–water partition coefficient (Wildman–Crippen LogP) is 0.138. The number of nitrogens with one attached hydrogen (secondary N) is 1. The number of piperidine rings is 1. The van der Waals surface area contributed by atoms with E-state index in [0.717, 1.165) is 0 Å². The molecule has 1 aliphatic rings. The Morgan fingerprint density at radius 1 is 1.56 bits per heavy atom. The van der Waals surface area contributed by atoms with Gasteiger partial charge in [0.15, 0.2) is 0 Å². The molecule has 0 aromatic carbocycles. The number of pyridine rings is 1. The van der Waals surface area contributed by atoms with Gasteiger partial charge in [0.2, 0.25) is 5.91 Å². The summed E-state index contributed by atoms with van der Waals surface area (Å²) in [7, 11) is 1.72. The van der Waals surface area contributed by atoms with Crippen LogP contribution < -0.4 is 5.32 Å². The van der Waals surface area contributed by atoms with Crippen molar-refractivity contribution >= 4 is 11.8 Å². The van der Waals surface area contributed by atoms with Crippen LogP contribution in [0.2, 0.25) is 0 Å². The van der Waals surface area contributed by atoms with Crippen LogP contribution in [-0.2, 0) is 4.79 Å². The van der Waals surface area contributed by atoms with E-state index in [1.807, 2.05) is 0 Å². The largest absolute Gasteiger partial charge is 0.506 e. The standard InChI is InChI=1S/C12H15N3O3/c1-15-7-9(2-3-11(15)17)14-12(18)8-4-10(16)6-13-5-8/h4-6,9,16H,2-3,7H2,1H3,(H,14,18). The van der Waals surface area contributed by atoms with Gasteiger partial charge in [0.1, 0.15) is 5.75 Å². The number of nitrogens with zero attached hydrogens (tertiary/aromatic N) is 2. The molecule has 6 nitrogen and oxygen atoms in total. The second-order valence-corrected chi connectivity index (χ2v) is 4.42. The number of hydrogen-bond donors (Lipinski definition) is 2. The maximum atomic E-state index is 11.9. The lowest BCUT2D eigenvalue weighted by atomic mass is 10.1. The van der Waals surface area contributed by atoms with E-state index in [-0.39, 0.29) is 23.6 Å². The summed E-state index contributed by atoms with van der Waals surface area (Å²) in [5.74, 6) is -0.232. The van der Waals surface area contributed by atoms with Crippen molar-refractivity contribution in [3.8, 4) is 5.75 Å². The van der Waals surface area contributed by atoms with Crippen molar-refractivity contribution in [1.29, 1.82) is 0 Å². The SMILES string of the molecule is CN1CC(NC(=O)c2cncc(O)c2)CCC1=O. The monoisotopic (exact) mass is 249 g/mol. The van der Waals surface area contributed by atoms with Crippen molar-refractivity contribution < 1.29 is 14.7 Å². The van der Waals surface area contributed by atoms with Crippen LogP contribution in [0.1, 0.15) is 23.2 Å². The number of amides is 2. The van der Waals surface area contributed by atoms with Crippen LogP contribution >= 0.6 is 0 Å². The van der Waals surface area contributed by atoms with E-state index in [0.29, 0.717) is 24.9 Å². The third-order valence-corrected chi connectivity index (χ3v) is 2.95. The van der Waals surface area contributed by atoms with Crippen LogP contribution in [0, 0.1) is 0 Å². The molecule has 1 unspecified atom stereocenters. The molecule has 18 heavy (non-hydrogen) atoms. The van der Waals surface area contributed by atoms with Crippen molar-refractivity contribution in [1.82, 2.24) is 15.2 Å². The molecule has 96 valence electrons. The fourth-order valence-corrected chi connectivity index (χ4v) is 1.95. The molecule has 0 spiro atoms. The number of hydrogen-bond acceptors (Lipinski definition) is 4. The summed E-state index contributed by atoms with van der Waals surface area (Å²) < 4.78 is 0. The van der Waals surface area contributed by atoms with Gasteiger partial charge < -0.3 is 15.3 Å². The molecule has 1 aliphatic heterocycles. The smallest absolute Gasteiger partial charge is 0.253 e. The fourth-order valence-electron chi connectivity index (χ4n) is 1.95. The van der Waals surface area contributed by atoms with Gasteiger partial charge in [0.05, 0.1) is 11.8 Å². The van der Waals surface area contributed by atoms with Gasteiger partial charge in [-0.15, -0.1) is 0 Å². The summed E-state index contributed by atoms with van der Waals surface area (Å²) >= 11 is 0. The van der Waals surface area contributed by atoms with Gasteiger partial charge >= 0.3 is 0 Å². The Morgan fingerprint density at radius 2 is 2.33 bits per heavy atom. The molecule has 1 aromatic rings. The maximum Gasteiger partial charge on any atom is 0.253 e. The van der Waals surface area contributed by atoms with Crippen LogP contribution in [0.5, 0.6) is 5.75 Å². The Hall–Kier alpha value is -2.11. The number of aromatic hydroxyl groups is 1. The highest BCUT2D eigenvalue weighted by Gasteiger charge is 2.24. The van der Waals surface area contributed by atoms with Gasteiger partial charge in [-0.3, -0.25) is 14.6 Å². The summed E-state index contributed by atoms with van der Waals surface area (Å²) in [5.41, 5.74) is 0.314. The molecule has 2 N–H and O–H groups in total. The average molecular weight is 249 g/mol. The second-order valence-electron chi connectivity index (χ2n) is 4.42.